The average molecular weight is 549 g/mol. The molecule has 0 bridgehead atoms. The lowest BCUT2D eigenvalue weighted by molar-refractivity contribution is 0.0974. The number of nitrogens with zero attached hydrogens (tertiary/aromatic N) is 1. The highest BCUT2D eigenvalue weighted by molar-refractivity contribution is 7.92. The number of anilines is 1. The van der Waals surface area contributed by atoms with E-state index in [0.717, 1.165) is 0 Å². The van der Waals surface area contributed by atoms with Crippen LogP contribution in [0.2, 0.25) is 10.0 Å². The number of carbonyl (C=O) groups is 1. The van der Waals surface area contributed by atoms with Crippen LogP contribution in [-0.4, -0.2) is 26.6 Å². The zero-order valence-corrected chi connectivity index (χ0v) is 21.2. The van der Waals surface area contributed by atoms with Crippen LogP contribution in [0.25, 0.3) is 10.9 Å². The van der Waals surface area contributed by atoms with E-state index >= 15 is 0 Å². The van der Waals surface area contributed by atoms with E-state index in [-0.39, 0.29) is 27.7 Å². The molecule has 1 aliphatic rings. The summed E-state index contributed by atoms with van der Waals surface area (Å²) in [6.45, 7) is 0. The van der Waals surface area contributed by atoms with Gasteiger partial charge in [0.25, 0.3) is 20.0 Å². The van der Waals surface area contributed by atoms with Crippen molar-refractivity contribution in [1.82, 2.24) is 3.97 Å². The summed E-state index contributed by atoms with van der Waals surface area (Å²) in [5, 5.41) is 1.17. The number of aromatic nitrogens is 1. The van der Waals surface area contributed by atoms with Crippen molar-refractivity contribution in [1.29, 1.82) is 0 Å². The molecule has 1 N–H and O–H groups in total. The Morgan fingerprint density at radius 2 is 1.37 bits per heavy atom. The van der Waals surface area contributed by atoms with E-state index in [1.165, 1.54) is 70.7 Å². The Hall–Kier alpha value is -2.85. The van der Waals surface area contributed by atoms with Gasteiger partial charge in [0.2, 0.25) is 0 Å². The summed E-state index contributed by atoms with van der Waals surface area (Å²) in [7, 11) is -7.98. The lowest BCUT2D eigenvalue weighted by atomic mass is 9.94. The Balaban J connectivity index is 1.67. The minimum absolute atomic E-state index is 0.0167. The van der Waals surface area contributed by atoms with Gasteiger partial charge in [-0.3, -0.25) is 9.52 Å². The summed E-state index contributed by atoms with van der Waals surface area (Å²) in [6.07, 6.45) is 1.20. The quantitative estimate of drug-likeness (QED) is 0.354. The number of carbonyl (C=O) groups excluding carboxylic acids is 1. The number of hydrogen-bond donors (Lipinski definition) is 1. The Morgan fingerprint density at radius 3 is 2.00 bits per heavy atom. The van der Waals surface area contributed by atoms with Gasteiger partial charge in [0, 0.05) is 38.8 Å². The molecule has 0 amide bonds. The molecule has 0 fully saturated rings. The maximum atomic E-state index is 13.6. The standard InChI is InChI=1S/C24H18Cl2N2O5S2/c25-15-4-9-18(10-5-15)34(30,31)27-17-8-13-21-20(14-17)24-22(2-1-3-23(24)29)28(21)35(32,33)19-11-6-16(26)7-12-19/h4-14,27H,1-3H2. The average Bonchev–Trinajstić information content (AvgIpc) is 3.15. The van der Waals surface area contributed by atoms with Crippen LogP contribution >= 0.6 is 23.2 Å². The van der Waals surface area contributed by atoms with E-state index in [4.69, 9.17) is 23.2 Å². The maximum absolute atomic E-state index is 13.6. The fourth-order valence-electron chi connectivity index (χ4n) is 4.27. The third kappa shape index (κ3) is 4.23. The van der Waals surface area contributed by atoms with Gasteiger partial charge >= 0.3 is 0 Å². The zero-order chi connectivity index (χ0) is 25.0. The van der Waals surface area contributed by atoms with Gasteiger partial charge in [-0.1, -0.05) is 23.2 Å². The van der Waals surface area contributed by atoms with Crippen molar-refractivity contribution in [2.45, 2.75) is 29.1 Å². The Morgan fingerprint density at radius 1 is 0.771 bits per heavy atom. The number of benzene rings is 3. The second-order valence-electron chi connectivity index (χ2n) is 8.11. The van der Waals surface area contributed by atoms with Crippen LogP contribution in [0.3, 0.4) is 0 Å². The van der Waals surface area contributed by atoms with Gasteiger partial charge in [-0.25, -0.2) is 20.8 Å². The van der Waals surface area contributed by atoms with Gasteiger partial charge in [0.05, 0.1) is 15.3 Å². The monoisotopic (exact) mass is 548 g/mol. The number of ketones is 1. The number of hydrogen-bond acceptors (Lipinski definition) is 5. The van der Waals surface area contributed by atoms with E-state index in [2.05, 4.69) is 4.72 Å². The molecule has 0 atom stereocenters. The molecule has 180 valence electrons. The lowest BCUT2D eigenvalue weighted by Gasteiger charge is -2.15. The highest BCUT2D eigenvalue weighted by Gasteiger charge is 2.32. The smallest absolute Gasteiger partial charge is 0.268 e. The van der Waals surface area contributed by atoms with Crippen LogP contribution in [0, 0.1) is 0 Å². The number of Topliss-reactive ketones (excluding diaryl/α,β-unsaturated/α-hetero) is 1. The second kappa shape index (κ2) is 8.67. The summed E-state index contributed by atoms with van der Waals surface area (Å²) in [5.41, 5.74) is 1.20. The number of halogens is 2. The molecule has 0 spiro atoms. The van der Waals surface area contributed by atoms with Crippen LogP contribution in [0.5, 0.6) is 0 Å². The summed E-state index contributed by atoms with van der Waals surface area (Å²) in [5.74, 6) is -0.181. The van der Waals surface area contributed by atoms with Crippen LogP contribution in [0.4, 0.5) is 5.69 Å². The van der Waals surface area contributed by atoms with E-state index < -0.39 is 20.0 Å². The molecule has 0 saturated carbocycles. The Kier molecular flexibility index (Phi) is 5.91. The van der Waals surface area contributed by atoms with Crippen molar-refractivity contribution in [2.24, 2.45) is 0 Å². The van der Waals surface area contributed by atoms with Gasteiger partial charge in [0.1, 0.15) is 0 Å². The van der Waals surface area contributed by atoms with Crippen molar-refractivity contribution in [3.05, 3.63) is 88.0 Å². The molecule has 3 aromatic carbocycles. The normalized spacial score (nSPS) is 14.2. The van der Waals surface area contributed by atoms with E-state index in [1.54, 1.807) is 0 Å². The predicted molar refractivity (Wildman–Crippen MR) is 136 cm³/mol. The third-order valence-corrected chi connectivity index (χ3v) is 9.51. The van der Waals surface area contributed by atoms with Crippen LogP contribution in [0.1, 0.15) is 28.9 Å². The van der Waals surface area contributed by atoms with Crippen molar-refractivity contribution >= 4 is 65.6 Å². The highest BCUT2D eigenvalue weighted by Crippen LogP contribution is 2.37. The van der Waals surface area contributed by atoms with Gasteiger partial charge in [0.15, 0.2) is 5.78 Å². The van der Waals surface area contributed by atoms with Crippen molar-refractivity contribution in [3.63, 3.8) is 0 Å². The van der Waals surface area contributed by atoms with E-state index in [9.17, 15) is 21.6 Å². The minimum atomic E-state index is -4.04. The van der Waals surface area contributed by atoms with Crippen molar-refractivity contribution in [2.75, 3.05) is 4.72 Å². The first-order valence-electron chi connectivity index (χ1n) is 10.6. The van der Waals surface area contributed by atoms with Crippen molar-refractivity contribution in [3.8, 4) is 0 Å². The summed E-state index contributed by atoms with van der Waals surface area (Å²) < 4.78 is 56.6. The minimum Gasteiger partial charge on any atom is -0.294 e. The fraction of sp³-hybridized carbons (Fsp3) is 0.125. The lowest BCUT2D eigenvalue weighted by Crippen LogP contribution is -2.19. The molecule has 0 radical (unpaired) electrons. The Bertz CT molecular complexity index is 1690. The van der Waals surface area contributed by atoms with E-state index in [1.807, 2.05) is 0 Å². The molecule has 7 nitrogen and oxygen atoms in total. The van der Waals surface area contributed by atoms with Gasteiger partial charge in [-0.15, -0.1) is 0 Å². The maximum Gasteiger partial charge on any atom is 0.268 e. The number of sulfonamides is 1. The van der Waals surface area contributed by atoms with Crippen molar-refractivity contribution < 1.29 is 21.6 Å². The van der Waals surface area contributed by atoms with Gasteiger partial charge in [-0.05, 0) is 79.6 Å². The van der Waals surface area contributed by atoms with Crippen LogP contribution < -0.4 is 4.72 Å². The van der Waals surface area contributed by atoms with Gasteiger partial charge < -0.3 is 0 Å². The highest BCUT2D eigenvalue weighted by atomic mass is 35.5. The van der Waals surface area contributed by atoms with Gasteiger partial charge in [-0.2, -0.15) is 0 Å². The second-order valence-corrected chi connectivity index (χ2v) is 12.5. The fourth-order valence-corrected chi connectivity index (χ4v) is 7.16. The molecule has 11 heteroatoms. The molecule has 0 aliphatic heterocycles. The summed E-state index contributed by atoms with van der Waals surface area (Å²) in [4.78, 5) is 12.9. The molecular weight excluding hydrogens is 531 g/mol. The molecule has 0 unspecified atom stereocenters. The molecular formula is C24H18Cl2N2O5S2. The molecule has 5 rings (SSSR count). The SMILES string of the molecule is O=C1CCCc2c1c1cc(NS(=O)(=O)c3ccc(Cl)cc3)ccc1n2S(=O)(=O)c1ccc(Cl)cc1. The molecule has 4 aromatic rings. The first-order chi connectivity index (χ1) is 16.6. The molecule has 1 heterocycles. The van der Waals surface area contributed by atoms with E-state index in [0.29, 0.717) is 45.0 Å². The predicted octanol–water partition coefficient (Wildman–Crippen LogP) is 5.50. The zero-order valence-electron chi connectivity index (χ0n) is 18.0. The molecule has 0 saturated heterocycles. The van der Waals surface area contributed by atoms with Crippen LogP contribution in [0.15, 0.2) is 76.5 Å². The Labute approximate surface area is 212 Å². The number of nitrogens with one attached hydrogen (secondary N) is 1. The third-order valence-electron chi connectivity index (χ3n) is 5.84. The largest absolute Gasteiger partial charge is 0.294 e. The molecule has 1 aromatic heterocycles. The van der Waals surface area contributed by atoms with Crippen LogP contribution in [-0.2, 0) is 26.5 Å². The summed E-state index contributed by atoms with van der Waals surface area (Å²) >= 11 is 11.8. The molecule has 35 heavy (non-hydrogen) atoms. The first-order valence-corrected chi connectivity index (χ1v) is 14.3. The molecule has 1 aliphatic carbocycles. The topological polar surface area (TPSA) is 102 Å². The number of rotatable bonds is 5. The first kappa shape index (κ1) is 23.9. The summed E-state index contributed by atoms with van der Waals surface area (Å²) in [6, 6.07) is 16.0. The number of fused-ring (bicyclic) bond motifs is 3.